The van der Waals surface area contributed by atoms with Crippen LogP contribution < -0.4 is 15.6 Å². The van der Waals surface area contributed by atoms with Crippen LogP contribution in [0, 0.1) is 0 Å². The molecule has 9 heteroatoms. The summed E-state index contributed by atoms with van der Waals surface area (Å²) in [6, 6.07) is 6.36. The van der Waals surface area contributed by atoms with Crippen LogP contribution >= 0.6 is 11.8 Å². The van der Waals surface area contributed by atoms with Gasteiger partial charge in [0.2, 0.25) is 5.91 Å². The highest BCUT2D eigenvalue weighted by atomic mass is 32.2. The zero-order chi connectivity index (χ0) is 16.8. The Bertz CT molecular complexity index is 751. The van der Waals surface area contributed by atoms with Crippen LogP contribution in [0.2, 0.25) is 0 Å². The maximum absolute atomic E-state index is 11.9. The van der Waals surface area contributed by atoms with Crippen molar-refractivity contribution in [2.45, 2.75) is 11.9 Å². The van der Waals surface area contributed by atoms with Gasteiger partial charge in [0.25, 0.3) is 0 Å². The molecule has 1 heterocycles. The first-order valence-electron chi connectivity index (χ1n) is 6.78. The first-order valence-corrected chi connectivity index (χ1v) is 7.77. The lowest BCUT2D eigenvalue weighted by molar-refractivity contribution is -0.772. The molecule has 0 fully saturated rings. The average molecular weight is 338 g/mol. The number of nitrogens with zero attached hydrogens (tertiary/aromatic N) is 1. The van der Waals surface area contributed by atoms with Crippen LogP contribution in [-0.4, -0.2) is 29.5 Å². The molecular formula is C14H16N3O5S+. The molecule has 0 saturated carbocycles. The van der Waals surface area contributed by atoms with Crippen LogP contribution in [-0.2, 0) is 16.6 Å². The van der Waals surface area contributed by atoms with E-state index in [0.29, 0.717) is 22.9 Å². The zero-order valence-electron chi connectivity index (χ0n) is 12.6. The summed E-state index contributed by atoms with van der Waals surface area (Å²) in [6.45, 7) is 2.04. The Morgan fingerprint density at radius 1 is 1.35 bits per heavy atom. The topological polar surface area (TPSA) is 105 Å². The summed E-state index contributed by atoms with van der Waals surface area (Å²) < 4.78 is 10.9. The van der Waals surface area contributed by atoms with Crippen LogP contribution in [0.3, 0.4) is 0 Å². The number of hydrogen-bond acceptors (Lipinski definition) is 6. The van der Waals surface area contributed by atoms with E-state index < -0.39 is 11.6 Å². The molecule has 2 N–H and O–H groups in total. The summed E-state index contributed by atoms with van der Waals surface area (Å²) in [5, 5.41) is 5.35. The first-order chi connectivity index (χ1) is 11.0. The average Bonchev–Trinajstić information content (AvgIpc) is 2.85. The van der Waals surface area contributed by atoms with Crippen molar-refractivity contribution in [1.82, 2.24) is 5.27 Å². The number of aromatic amines is 1. The Morgan fingerprint density at radius 2 is 2.04 bits per heavy atom. The summed E-state index contributed by atoms with van der Waals surface area (Å²) in [6.07, 6.45) is 0. The standard InChI is InChI=1S/C14H15N3O5S/c1-3-21-13(19)9-4-6-10(7-5-9)15-11(18)8-23-12-14(20)22-16-17(12)2/h4-7H,3,8H2,1-2H3,(H-,15,16,18,19,20)/p+1. The molecule has 0 radical (unpaired) electrons. The van der Waals surface area contributed by atoms with Gasteiger partial charge in [-0.15, -0.1) is 0 Å². The normalized spacial score (nSPS) is 10.3. The predicted octanol–water partition coefficient (Wildman–Crippen LogP) is 0.700. The molecule has 1 aromatic heterocycles. The van der Waals surface area contributed by atoms with E-state index in [0.717, 1.165) is 11.8 Å². The van der Waals surface area contributed by atoms with Crippen LogP contribution in [0.15, 0.2) is 38.6 Å². The van der Waals surface area contributed by atoms with Gasteiger partial charge >= 0.3 is 16.6 Å². The lowest BCUT2D eigenvalue weighted by atomic mass is 10.2. The second-order valence-corrected chi connectivity index (χ2v) is 5.44. The molecule has 122 valence electrons. The highest BCUT2D eigenvalue weighted by Gasteiger charge is 2.19. The molecule has 2 aromatic rings. The van der Waals surface area contributed by atoms with Gasteiger partial charge in [0.15, 0.2) is 7.05 Å². The number of carbonyl (C=O) groups excluding carboxylic acids is 2. The number of ether oxygens (including phenoxy) is 1. The third-order valence-electron chi connectivity index (χ3n) is 2.77. The smallest absolute Gasteiger partial charge is 0.441 e. The fourth-order valence-electron chi connectivity index (χ4n) is 1.72. The van der Waals surface area contributed by atoms with E-state index in [2.05, 4.69) is 15.1 Å². The fourth-order valence-corrected chi connectivity index (χ4v) is 2.45. The van der Waals surface area contributed by atoms with Gasteiger partial charge in [0, 0.05) is 5.69 Å². The number of aryl methyl sites for hydroxylation is 1. The lowest BCUT2D eigenvalue weighted by Gasteiger charge is -2.05. The molecule has 23 heavy (non-hydrogen) atoms. The van der Waals surface area contributed by atoms with Crippen molar-refractivity contribution in [3.8, 4) is 0 Å². The predicted molar refractivity (Wildman–Crippen MR) is 82.3 cm³/mol. The first kappa shape index (κ1) is 16.8. The largest absolute Gasteiger partial charge is 0.462 e. The second kappa shape index (κ2) is 7.63. The Morgan fingerprint density at radius 3 is 2.61 bits per heavy atom. The minimum absolute atomic E-state index is 0.0517. The number of H-pyrrole nitrogens is 1. The van der Waals surface area contributed by atoms with Gasteiger partial charge in [-0.05, 0) is 48.2 Å². The number of amides is 1. The molecule has 0 saturated heterocycles. The van der Waals surface area contributed by atoms with Gasteiger partial charge in [-0.3, -0.25) is 9.32 Å². The van der Waals surface area contributed by atoms with E-state index in [1.54, 1.807) is 38.2 Å². The number of aromatic nitrogens is 2. The molecule has 2 rings (SSSR count). The van der Waals surface area contributed by atoms with E-state index in [1.165, 1.54) is 4.68 Å². The molecule has 1 amide bonds. The molecule has 0 unspecified atom stereocenters. The van der Waals surface area contributed by atoms with Crippen molar-refractivity contribution in [2.24, 2.45) is 7.05 Å². The monoisotopic (exact) mass is 338 g/mol. The number of esters is 1. The van der Waals surface area contributed by atoms with Crippen LogP contribution in [0.4, 0.5) is 5.69 Å². The van der Waals surface area contributed by atoms with Crippen molar-refractivity contribution in [2.75, 3.05) is 17.7 Å². The van der Waals surface area contributed by atoms with Crippen molar-refractivity contribution in [1.29, 1.82) is 0 Å². The number of carbonyl (C=O) groups is 2. The van der Waals surface area contributed by atoms with Crippen LogP contribution in [0.1, 0.15) is 17.3 Å². The molecule has 0 aliphatic heterocycles. The maximum Gasteiger partial charge on any atom is 0.441 e. The summed E-state index contributed by atoms with van der Waals surface area (Å²) in [5.41, 5.74) is 0.439. The molecule has 0 atom stereocenters. The second-order valence-electron chi connectivity index (χ2n) is 4.48. The van der Waals surface area contributed by atoms with E-state index in [1.807, 2.05) is 0 Å². The molecule has 0 aliphatic rings. The minimum atomic E-state index is -0.524. The van der Waals surface area contributed by atoms with Crippen molar-refractivity contribution < 1.29 is 23.5 Å². The van der Waals surface area contributed by atoms with Crippen LogP contribution in [0.5, 0.6) is 0 Å². The molecule has 0 aliphatic carbocycles. The minimum Gasteiger partial charge on any atom is -0.462 e. The quantitative estimate of drug-likeness (QED) is 0.456. The Hall–Kier alpha value is -2.55. The zero-order valence-corrected chi connectivity index (χ0v) is 13.4. The van der Waals surface area contributed by atoms with Crippen molar-refractivity contribution in [3.05, 3.63) is 40.2 Å². The number of rotatable bonds is 6. The number of hydrogen-bond donors (Lipinski definition) is 2. The Kier molecular flexibility index (Phi) is 5.58. The third-order valence-corrected chi connectivity index (χ3v) is 3.89. The van der Waals surface area contributed by atoms with E-state index in [4.69, 9.17) is 4.74 Å². The summed E-state index contributed by atoms with van der Waals surface area (Å²) in [4.78, 5) is 34.7. The SMILES string of the molecule is CCOC(=O)c1ccc(NC(=O)CSc2c(=O)o[nH][n+]2C)cc1. The van der Waals surface area contributed by atoms with Crippen molar-refractivity contribution in [3.63, 3.8) is 0 Å². The third kappa shape index (κ3) is 4.46. The summed E-state index contributed by atoms with van der Waals surface area (Å²) in [5.74, 6) is -0.636. The summed E-state index contributed by atoms with van der Waals surface area (Å²) in [7, 11) is 1.61. The van der Waals surface area contributed by atoms with E-state index in [-0.39, 0.29) is 11.7 Å². The van der Waals surface area contributed by atoms with Gasteiger partial charge < -0.3 is 10.1 Å². The maximum atomic E-state index is 11.9. The Balaban J connectivity index is 1.90. The van der Waals surface area contributed by atoms with Gasteiger partial charge in [-0.25, -0.2) is 9.59 Å². The Labute approximate surface area is 135 Å². The van der Waals surface area contributed by atoms with Crippen LogP contribution in [0.25, 0.3) is 0 Å². The van der Waals surface area contributed by atoms with E-state index >= 15 is 0 Å². The fraction of sp³-hybridized carbons (Fsp3) is 0.286. The highest BCUT2D eigenvalue weighted by Crippen LogP contribution is 2.13. The van der Waals surface area contributed by atoms with Gasteiger partial charge in [-0.2, -0.15) is 0 Å². The number of nitrogens with one attached hydrogen (secondary N) is 2. The van der Waals surface area contributed by atoms with Crippen molar-refractivity contribution >= 4 is 29.3 Å². The van der Waals surface area contributed by atoms with Gasteiger partial charge in [0.1, 0.15) is 0 Å². The number of thioether (sulfide) groups is 1. The van der Waals surface area contributed by atoms with Gasteiger partial charge in [0.05, 0.1) is 17.9 Å². The molecule has 0 bridgehead atoms. The lowest BCUT2D eigenvalue weighted by Crippen LogP contribution is -2.34. The summed E-state index contributed by atoms with van der Waals surface area (Å²) >= 11 is 1.06. The highest BCUT2D eigenvalue weighted by molar-refractivity contribution is 7.99. The molecule has 8 nitrogen and oxygen atoms in total. The van der Waals surface area contributed by atoms with Gasteiger partial charge in [-0.1, -0.05) is 4.68 Å². The number of benzene rings is 1. The molecule has 0 spiro atoms. The number of anilines is 1. The molecular weight excluding hydrogens is 322 g/mol. The molecule has 1 aromatic carbocycles. The van der Waals surface area contributed by atoms with E-state index in [9.17, 15) is 14.4 Å².